The van der Waals surface area contributed by atoms with Gasteiger partial charge in [0.2, 0.25) is 0 Å². The molecular formula is C5H10O4S2. The van der Waals surface area contributed by atoms with Crippen molar-refractivity contribution >= 4 is 19.7 Å². The van der Waals surface area contributed by atoms with Gasteiger partial charge in [-0.25, -0.2) is 16.8 Å². The van der Waals surface area contributed by atoms with E-state index in [1.807, 2.05) is 0 Å². The van der Waals surface area contributed by atoms with Gasteiger partial charge in [0, 0.05) is 17.9 Å². The fourth-order valence-corrected chi connectivity index (χ4v) is 2.22. The second-order valence-electron chi connectivity index (χ2n) is 2.33. The molecule has 0 aliphatic rings. The van der Waals surface area contributed by atoms with Crippen molar-refractivity contribution in [1.82, 2.24) is 0 Å². The minimum atomic E-state index is -3.35. The van der Waals surface area contributed by atoms with E-state index >= 15 is 0 Å². The maximum atomic E-state index is 10.7. The van der Waals surface area contributed by atoms with Crippen molar-refractivity contribution in [2.75, 3.05) is 12.5 Å². The summed E-state index contributed by atoms with van der Waals surface area (Å²) in [6.45, 7) is 1.25. The Balaban J connectivity index is 5.11. The van der Waals surface area contributed by atoms with Gasteiger partial charge in [-0.1, -0.05) is 0 Å². The van der Waals surface area contributed by atoms with Crippen LogP contribution in [0.1, 0.15) is 6.92 Å². The average molecular weight is 198 g/mol. The van der Waals surface area contributed by atoms with Gasteiger partial charge >= 0.3 is 0 Å². The highest BCUT2D eigenvalue weighted by molar-refractivity contribution is 7.97. The first-order chi connectivity index (χ1) is 4.63. The van der Waals surface area contributed by atoms with Crippen LogP contribution in [0, 0.1) is 0 Å². The van der Waals surface area contributed by atoms with Gasteiger partial charge in [-0.15, -0.1) is 0 Å². The van der Waals surface area contributed by atoms with Crippen molar-refractivity contribution in [2.24, 2.45) is 0 Å². The van der Waals surface area contributed by atoms with Crippen LogP contribution in [0.4, 0.5) is 0 Å². The Morgan fingerprint density at radius 1 is 1.09 bits per heavy atom. The molecule has 0 amide bonds. The summed E-state index contributed by atoms with van der Waals surface area (Å²) >= 11 is 0. The Kier molecular flexibility index (Phi) is 2.85. The Morgan fingerprint density at radius 2 is 1.45 bits per heavy atom. The molecule has 0 spiro atoms. The SMILES string of the molecule is CC(=CS(C)(=O)=O)S(C)(=O)=O. The van der Waals surface area contributed by atoms with E-state index in [0.29, 0.717) is 0 Å². The normalized spacial score (nSPS) is 15.0. The standard InChI is InChI=1S/C5H10O4S2/c1-5(11(3,8)9)4-10(2,6)7/h4H,1-3H3. The highest BCUT2D eigenvalue weighted by atomic mass is 32.2. The monoisotopic (exact) mass is 198 g/mol. The van der Waals surface area contributed by atoms with E-state index in [1.165, 1.54) is 6.92 Å². The minimum Gasteiger partial charge on any atom is -0.225 e. The summed E-state index contributed by atoms with van der Waals surface area (Å²) in [5.74, 6) is 0. The van der Waals surface area contributed by atoms with E-state index in [9.17, 15) is 16.8 Å². The second kappa shape index (κ2) is 2.94. The molecule has 4 nitrogen and oxygen atoms in total. The number of allylic oxidation sites excluding steroid dienone is 1. The van der Waals surface area contributed by atoms with E-state index in [2.05, 4.69) is 0 Å². The molecule has 0 heterocycles. The zero-order valence-electron chi connectivity index (χ0n) is 6.53. The summed E-state index contributed by atoms with van der Waals surface area (Å²) in [6.07, 6.45) is 1.91. The number of rotatable bonds is 2. The lowest BCUT2D eigenvalue weighted by molar-refractivity contribution is 0.604. The van der Waals surface area contributed by atoms with Crippen LogP contribution in [-0.2, 0) is 19.7 Å². The molecule has 0 aromatic rings. The Hall–Kier alpha value is -0.360. The Bertz CT molecular complexity index is 357. The first-order valence-electron chi connectivity index (χ1n) is 2.71. The number of sulfone groups is 2. The summed E-state index contributed by atoms with van der Waals surface area (Å²) in [5, 5.41) is 0.738. The van der Waals surface area contributed by atoms with E-state index in [1.54, 1.807) is 0 Å². The molecule has 11 heavy (non-hydrogen) atoms. The van der Waals surface area contributed by atoms with Crippen LogP contribution >= 0.6 is 0 Å². The van der Waals surface area contributed by atoms with Gasteiger partial charge in [-0.05, 0) is 6.92 Å². The highest BCUT2D eigenvalue weighted by Crippen LogP contribution is 2.04. The van der Waals surface area contributed by atoms with Crippen LogP contribution in [0.5, 0.6) is 0 Å². The number of hydrogen-bond donors (Lipinski definition) is 0. The van der Waals surface area contributed by atoms with Crippen LogP contribution < -0.4 is 0 Å². The van der Waals surface area contributed by atoms with Gasteiger partial charge in [0.25, 0.3) is 0 Å². The lowest BCUT2D eigenvalue weighted by Gasteiger charge is -1.94. The molecule has 66 valence electrons. The molecule has 0 saturated heterocycles. The predicted octanol–water partition coefficient (Wildman–Crippen LogP) is -0.0631. The molecule has 0 fully saturated rings. The van der Waals surface area contributed by atoms with E-state index in [0.717, 1.165) is 17.9 Å². The quantitative estimate of drug-likeness (QED) is 0.623. The van der Waals surface area contributed by atoms with Crippen LogP contribution in [0.25, 0.3) is 0 Å². The molecule has 0 aromatic heterocycles. The maximum Gasteiger partial charge on any atom is 0.172 e. The van der Waals surface area contributed by atoms with Crippen molar-refractivity contribution in [3.63, 3.8) is 0 Å². The minimum absolute atomic E-state index is 0.139. The fourth-order valence-electron chi connectivity index (χ4n) is 0.389. The summed E-state index contributed by atoms with van der Waals surface area (Å²) < 4.78 is 42.4. The molecule has 0 aliphatic heterocycles. The molecule has 0 unspecified atom stereocenters. The topological polar surface area (TPSA) is 68.3 Å². The predicted molar refractivity (Wildman–Crippen MR) is 43.4 cm³/mol. The molecule has 0 saturated carbocycles. The van der Waals surface area contributed by atoms with Crippen molar-refractivity contribution in [3.8, 4) is 0 Å². The third kappa shape index (κ3) is 4.97. The highest BCUT2D eigenvalue weighted by Gasteiger charge is 2.07. The lowest BCUT2D eigenvalue weighted by Crippen LogP contribution is -2.00. The molecule has 0 radical (unpaired) electrons. The summed E-state index contributed by atoms with van der Waals surface area (Å²) in [7, 11) is -6.70. The zero-order chi connectivity index (χ0) is 9.28. The van der Waals surface area contributed by atoms with E-state index in [-0.39, 0.29) is 4.91 Å². The third-order valence-corrected chi connectivity index (χ3v) is 3.18. The van der Waals surface area contributed by atoms with Gasteiger partial charge < -0.3 is 0 Å². The summed E-state index contributed by atoms with van der Waals surface area (Å²) in [6, 6.07) is 0. The molecule has 0 aromatic carbocycles. The smallest absolute Gasteiger partial charge is 0.172 e. The summed E-state index contributed by atoms with van der Waals surface area (Å²) in [4.78, 5) is -0.139. The first-order valence-corrected chi connectivity index (χ1v) is 6.56. The molecule has 0 bridgehead atoms. The Morgan fingerprint density at radius 3 is 1.55 bits per heavy atom. The molecule has 0 aliphatic carbocycles. The molecule has 0 rings (SSSR count). The van der Waals surface area contributed by atoms with Crippen molar-refractivity contribution in [2.45, 2.75) is 6.92 Å². The van der Waals surface area contributed by atoms with E-state index < -0.39 is 19.7 Å². The third-order valence-electron chi connectivity index (χ3n) is 0.965. The summed E-state index contributed by atoms with van der Waals surface area (Å²) in [5.41, 5.74) is 0. The fraction of sp³-hybridized carbons (Fsp3) is 0.600. The molecule has 6 heteroatoms. The first kappa shape index (κ1) is 10.6. The Labute approximate surface area is 66.8 Å². The van der Waals surface area contributed by atoms with Crippen LogP contribution in [-0.4, -0.2) is 29.3 Å². The van der Waals surface area contributed by atoms with Gasteiger partial charge in [0.05, 0.1) is 4.91 Å². The second-order valence-corrected chi connectivity index (χ2v) is 6.41. The van der Waals surface area contributed by atoms with Crippen molar-refractivity contribution in [3.05, 3.63) is 10.3 Å². The average Bonchev–Trinajstić information content (AvgIpc) is 1.56. The largest absolute Gasteiger partial charge is 0.225 e. The lowest BCUT2D eigenvalue weighted by atomic mass is 10.8. The van der Waals surface area contributed by atoms with Gasteiger partial charge in [-0.3, -0.25) is 0 Å². The van der Waals surface area contributed by atoms with E-state index in [4.69, 9.17) is 0 Å². The van der Waals surface area contributed by atoms with Crippen LogP contribution in [0.3, 0.4) is 0 Å². The van der Waals surface area contributed by atoms with Gasteiger partial charge in [0.1, 0.15) is 0 Å². The molecular weight excluding hydrogens is 188 g/mol. The number of hydrogen-bond acceptors (Lipinski definition) is 4. The maximum absolute atomic E-state index is 10.7. The van der Waals surface area contributed by atoms with Crippen molar-refractivity contribution in [1.29, 1.82) is 0 Å². The molecule has 0 atom stereocenters. The van der Waals surface area contributed by atoms with Crippen LogP contribution in [0.2, 0.25) is 0 Å². The van der Waals surface area contributed by atoms with Gasteiger partial charge in [-0.2, -0.15) is 0 Å². The van der Waals surface area contributed by atoms with Crippen LogP contribution in [0.15, 0.2) is 10.3 Å². The zero-order valence-corrected chi connectivity index (χ0v) is 8.16. The van der Waals surface area contributed by atoms with Gasteiger partial charge in [0.15, 0.2) is 19.7 Å². The van der Waals surface area contributed by atoms with Crippen molar-refractivity contribution < 1.29 is 16.8 Å². The molecule has 0 N–H and O–H groups in total.